The van der Waals surface area contributed by atoms with Crippen LogP contribution in [0, 0.1) is 12.8 Å². The monoisotopic (exact) mass is 432 g/mol. The van der Waals surface area contributed by atoms with Gasteiger partial charge in [0.15, 0.2) is 0 Å². The van der Waals surface area contributed by atoms with Crippen LogP contribution in [0.3, 0.4) is 0 Å². The highest BCUT2D eigenvalue weighted by Gasteiger charge is 2.28. The van der Waals surface area contributed by atoms with Gasteiger partial charge in [0.2, 0.25) is 5.91 Å². The minimum Gasteiger partial charge on any atom is -0.339 e. The van der Waals surface area contributed by atoms with Gasteiger partial charge in [-0.25, -0.2) is 0 Å². The summed E-state index contributed by atoms with van der Waals surface area (Å²) in [4.78, 5) is 27.4. The van der Waals surface area contributed by atoms with Crippen LogP contribution in [0.15, 0.2) is 72.8 Å². The average molecular weight is 433 g/mol. The molecule has 1 heterocycles. The van der Waals surface area contributed by atoms with E-state index >= 15 is 0 Å². The lowest BCUT2D eigenvalue weighted by Crippen LogP contribution is -2.41. The van der Waals surface area contributed by atoms with E-state index < -0.39 is 0 Å². The Morgan fingerprint density at radius 2 is 1.52 bits per heavy atom. The lowest BCUT2D eigenvalue weighted by molar-refractivity contribution is -0.121. The fraction of sp³-hybridized carbons (Fsp3) is 0.231. The molecule has 1 fully saturated rings. The maximum atomic E-state index is 12.9. The smallest absolute Gasteiger partial charge is 0.253 e. The number of amides is 2. The molecule has 1 aliphatic rings. The summed E-state index contributed by atoms with van der Waals surface area (Å²) in [5, 5.41) is 3.63. The van der Waals surface area contributed by atoms with Gasteiger partial charge >= 0.3 is 0 Å². The summed E-state index contributed by atoms with van der Waals surface area (Å²) < 4.78 is 0. The first kappa shape index (κ1) is 21.1. The molecule has 0 bridgehead atoms. The molecule has 0 spiro atoms. The van der Waals surface area contributed by atoms with Crippen LogP contribution in [0.2, 0.25) is 5.02 Å². The third-order valence-electron chi connectivity index (χ3n) is 5.92. The number of nitrogens with one attached hydrogen (secondary N) is 1. The van der Waals surface area contributed by atoms with Crippen LogP contribution in [0.5, 0.6) is 0 Å². The molecule has 3 aromatic carbocycles. The van der Waals surface area contributed by atoms with Crippen molar-refractivity contribution in [2.75, 3.05) is 18.4 Å². The van der Waals surface area contributed by atoms with E-state index in [1.165, 1.54) is 0 Å². The van der Waals surface area contributed by atoms with Crippen molar-refractivity contribution in [3.8, 4) is 11.1 Å². The zero-order valence-corrected chi connectivity index (χ0v) is 18.2. The molecule has 0 saturated carbocycles. The number of hydrogen-bond donors (Lipinski definition) is 1. The zero-order valence-electron chi connectivity index (χ0n) is 17.5. The maximum absolute atomic E-state index is 12.9. The van der Waals surface area contributed by atoms with Gasteiger partial charge in [0.25, 0.3) is 5.91 Å². The van der Waals surface area contributed by atoms with E-state index in [0.717, 1.165) is 22.4 Å². The number of piperidine rings is 1. The normalized spacial score (nSPS) is 14.3. The molecule has 1 N–H and O–H groups in total. The summed E-state index contributed by atoms with van der Waals surface area (Å²) in [5.41, 5.74) is 4.50. The zero-order chi connectivity index (χ0) is 21.8. The Morgan fingerprint density at radius 3 is 2.19 bits per heavy atom. The van der Waals surface area contributed by atoms with E-state index in [-0.39, 0.29) is 17.7 Å². The predicted octanol–water partition coefficient (Wildman–Crippen LogP) is 5.81. The Hall–Kier alpha value is -3.11. The second-order valence-electron chi connectivity index (χ2n) is 7.91. The summed E-state index contributed by atoms with van der Waals surface area (Å²) in [6.45, 7) is 3.04. The molecule has 0 radical (unpaired) electrons. The van der Waals surface area contributed by atoms with E-state index in [0.29, 0.717) is 36.5 Å². The number of benzene rings is 3. The molecule has 0 unspecified atom stereocenters. The largest absolute Gasteiger partial charge is 0.339 e. The summed E-state index contributed by atoms with van der Waals surface area (Å²) in [5.74, 6) is -0.100. The molecule has 2 amide bonds. The summed E-state index contributed by atoms with van der Waals surface area (Å²) in [6.07, 6.45) is 1.30. The van der Waals surface area contributed by atoms with Gasteiger partial charge in [0.1, 0.15) is 0 Å². The van der Waals surface area contributed by atoms with Gasteiger partial charge in [-0.2, -0.15) is 0 Å². The van der Waals surface area contributed by atoms with E-state index in [1.54, 1.807) is 0 Å². The van der Waals surface area contributed by atoms with Gasteiger partial charge in [-0.15, -0.1) is 0 Å². The second kappa shape index (κ2) is 9.36. The van der Waals surface area contributed by atoms with Gasteiger partial charge in [0.05, 0.1) is 0 Å². The lowest BCUT2D eigenvalue weighted by Gasteiger charge is -2.31. The second-order valence-corrected chi connectivity index (χ2v) is 8.32. The number of carbonyl (C=O) groups is 2. The van der Waals surface area contributed by atoms with Gasteiger partial charge in [-0.3, -0.25) is 9.59 Å². The van der Waals surface area contributed by atoms with Gasteiger partial charge in [-0.1, -0.05) is 60.1 Å². The van der Waals surface area contributed by atoms with Crippen molar-refractivity contribution in [1.29, 1.82) is 0 Å². The fourth-order valence-electron chi connectivity index (χ4n) is 3.94. The minimum atomic E-state index is -0.108. The van der Waals surface area contributed by atoms with E-state index in [2.05, 4.69) is 17.4 Å². The first-order valence-corrected chi connectivity index (χ1v) is 10.9. The molecule has 3 aromatic rings. The molecule has 1 aliphatic heterocycles. The van der Waals surface area contributed by atoms with Gasteiger partial charge in [-0.05, 0) is 60.7 Å². The Labute approximate surface area is 187 Å². The van der Waals surface area contributed by atoms with Gasteiger partial charge in [0, 0.05) is 35.3 Å². The van der Waals surface area contributed by atoms with Crippen molar-refractivity contribution >= 4 is 29.1 Å². The first-order valence-electron chi connectivity index (χ1n) is 10.5. The molecule has 1 saturated heterocycles. The average Bonchev–Trinajstić information content (AvgIpc) is 2.82. The number of carbonyl (C=O) groups excluding carboxylic acids is 2. The number of nitrogens with zero attached hydrogens (tertiary/aromatic N) is 1. The van der Waals surface area contributed by atoms with Crippen LogP contribution in [-0.4, -0.2) is 29.8 Å². The first-order chi connectivity index (χ1) is 15.0. The van der Waals surface area contributed by atoms with Crippen molar-refractivity contribution in [1.82, 2.24) is 4.90 Å². The highest BCUT2D eigenvalue weighted by Crippen LogP contribution is 2.26. The van der Waals surface area contributed by atoms with Crippen LogP contribution in [0.1, 0.15) is 28.8 Å². The molecule has 158 valence electrons. The van der Waals surface area contributed by atoms with Gasteiger partial charge < -0.3 is 10.2 Å². The molecule has 0 aliphatic carbocycles. The number of halogens is 1. The van der Waals surface area contributed by atoms with Crippen molar-refractivity contribution in [2.45, 2.75) is 19.8 Å². The molecule has 4 rings (SSSR count). The quantitative estimate of drug-likeness (QED) is 0.565. The van der Waals surface area contributed by atoms with Crippen molar-refractivity contribution in [2.24, 2.45) is 5.92 Å². The standard InChI is InChI=1S/C26H25ClN2O2/c1-18-23(27)8-5-9-24(18)28-25(30)21-14-16-29(17-15-21)26(31)22-12-10-20(11-13-22)19-6-3-2-4-7-19/h2-13,21H,14-17H2,1H3,(H,28,30). The molecular weight excluding hydrogens is 408 g/mol. The maximum Gasteiger partial charge on any atom is 0.253 e. The molecule has 31 heavy (non-hydrogen) atoms. The van der Waals surface area contributed by atoms with Crippen molar-refractivity contribution in [3.63, 3.8) is 0 Å². The minimum absolute atomic E-state index is 0.00956. The van der Waals surface area contributed by atoms with Crippen LogP contribution >= 0.6 is 11.6 Å². The predicted molar refractivity (Wildman–Crippen MR) is 125 cm³/mol. The molecule has 0 atom stereocenters. The fourth-order valence-corrected chi connectivity index (χ4v) is 4.12. The Balaban J connectivity index is 1.34. The highest BCUT2D eigenvalue weighted by atomic mass is 35.5. The number of hydrogen-bond acceptors (Lipinski definition) is 2. The molecular formula is C26H25ClN2O2. The lowest BCUT2D eigenvalue weighted by atomic mass is 9.95. The highest BCUT2D eigenvalue weighted by molar-refractivity contribution is 6.31. The van der Waals surface area contributed by atoms with Crippen LogP contribution < -0.4 is 5.32 Å². The Morgan fingerprint density at radius 1 is 0.871 bits per heavy atom. The van der Waals surface area contributed by atoms with Crippen molar-refractivity contribution < 1.29 is 9.59 Å². The Kier molecular flexibility index (Phi) is 6.38. The SMILES string of the molecule is Cc1c(Cl)cccc1NC(=O)C1CCN(C(=O)c2ccc(-c3ccccc3)cc2)CC1. The van der Waals surface area contributed by atoms with E-state index in [1.807, 2.05) is 72.5 Å². The molecule has 0 aromatic heterocycles. The van der Waals surface area contributed by atoms with E-state index in [9.17, 15) is 9.59 Å². The molecule has 4 nitrogen and oxygen atoms in total. The molecule has 5 heteroatoms. The topological polar surface area (TPSA) is 49.4 Å². The number of rotatable bonds is 4. The number of anilines is 1. The summed E-state index contributed by atoms with van der Waals surface area (Å²) >= 11 is 6.14. The van der Waals surface area contributed by atoms with E-state index in [4.69, 9.17) is 11.6 Å². The number of likely N-dealkylation sites (tertiary alicyclic amines) is 1. The van der Waals surface area contributed by atoms with Crippen LogP contribution in [-0.2, 0) is 4.79 Å². The third-order valence-corrected chi connectivity index (χ3v) is 6.33. The van der Waals surface area contributed by atoms with Crippen LogP contribution in [0.4, 0.5) is 5.69 Å². The summed E-state index contributed by atoms with van der Waals surface area (Å²) in [7, 11) is 0. The summed E-state index contributed by atoms with van der Waals surface area (Å²) in [6, 6.07) is 23.3. The third kappa shape index (κ3) is 4.80. The van der Waals surface area contributed by atoms with Crippen molar-refractivity contribution in [3.05, 3.63) is 88.9 Å². The van der Waals surface area contributed by atoms with Crippen LogP contribution in [0.25, 0.3) is 11.1 Å². The Bertz CT molecular complexity index is 1070.